The van der Waals surface area contributed by atoms with Crippen LogP contribution in [0.5, 0.6) is 0 Å². The van der Waals surface area contributed by atoms with Crippen LogP contribution in [0.25, 0.3) is 66.1 Å². The Morgan fingerprint density at radius 2 is 0.630 bits per heavy atom. The molecule has 7 rings (SSSR count). The van der Waals surface area contributed by atoms with Crippen molar-refractivity contribution in [3.8, 4) is 44.5 Å². The summed E-state index contributed by atoms with van der Waals surface area (Å²) in [4.78, 5) is 0. The molecule has 46 heavy (non-hydrogen) atoms. The molecule has 0 atom stereocenters. The van der Waals surface area contributed by atoms with Crippen LogP contribution in [-0.2, 0) is 9.13 Å². The van der Waals surface area contributed by atoms with Gasteiger partial charge in [-0.25, -0.2) is 0 Å². The Balaban J connectivity index is 1.35. The van der Waals surface area contributed by atoms with Crippen molar-refractivity contribution in [1.82, 2.24) is 0 Å². The van der Waals surface area contributed by atoms with Gasteiger partial charge in [-0.2, -0.15) is 0 Å². The smallest absolute Gasteiger partial charge is 0.109 e. The van der Waals surface area contributed by atoms with Crippen molar-refractivity contribution in [3.63, 3.8) is 0 Å². The summed E-state index contributed by atoms with van der Waals surface area (Å²) in [5.74, 6) is 0. The van der Waals surface area contributed by atoms with Gasteiger partial charge >= 0.3 is 0 Å². The summed E-state index contributed by atoms with van der Waals surface area (Å²) in [7, 11) is -4.69. The highest BCUT2D eigenvalue weighted by atomic mass is 31.2. The second-order valence-electron chi connectivity index (χ2n) is 12.8. The molecule has 0 radical (unpaired) electrons. The first-order valence-corrected chi connectivity index (χ1v) is 20.7. The molecule has 0 aliphatic carbocycles. The molecule has 0 spiro atoms. The van der Waals surface area contributed by atoms with E-state index in [1.165, 1.54) is 32.7 Å². The number of rotatable bonds is 6. The second kappa shape index (κ2) is 11.7. The number of hydrogen-bond acceptors (Lipinski definition) is 2. The summed E-state index contributed by atoms with van der Waals surface area (Å²) in [5.41, 5.74) is 9.13. The number of fused-ring (bicyclic) bond motifs is 2. The molecule has 226 valence electrons. The van der Waals surface area contributed by atoms with Crippen LogP contribution in [0.3, 0.4) is 0 Å². The van der Waals surface area contributed by atoms with E-state index in [0.717, 1.165) is 44.0 Å². The molecule has 2 nitrogen and oxygen atoms in total. The first kappa shape index (κ1) is 30.2. The van der Waals surface area contributed by atoms with Gasteiger partial charge in [-0.15, -0.1) is 0 Å². The molecule has 0 saturated heterocycles. The van der Waals surface area contributed by atoms with Crippen LogP contribution in [0.2, 0.25) is 0 Å². The Kier molecular flexibility index (Phi) is 7.68. The third-order valence-electron chi connectivity index (χ3n) is 8.88. The van der Waals surface area contributed by atoms with Crippen molar-refractivity contribution < 1.29 is 9.13 Å². The predicted octanol–water partition coefficient (Wildman–Crippen LogP) is 11.2. The SMILES string of the molecule is CP(C)(=O)c1cccc(-c2ccc(-c3c4ccccc4c(-c4ccc(-c5cccc(P(C)(C)=O)c5)cc4)c4ccccc34)cc2)c1. The highest BCUT2D eigenvalue weighted by molar-refractivity contribution is 7.70. The van der Waals surface area contributed by atoms with Crippen molar-refractivity contribution in [2.24, 2.45) is 0 Å². The average Bonchev–Trinajstić information content (AvgIpc) is 3.07. The zero-order valence-electron chi connectivity index (χ0n) is 26.6. The lowest BCUT2D eigenvalue weighted by Gasteiger charge is -2.18. The minimum atomic E-state index is -2.35. The lowest BCUT2D eigenvalue weighted by molar-refractivity contribution is 0.587. The number of benzene rings is 7. The van der Waals surface area contributed by atoms with Crippen LogP contribution in [0.15, 0.2) is 146 Å². The van der Waals surface area contributed by atoms with Gasteiger partial charge in [0.15, 0.2) is 0 Å². The van der Waals surface area contributed by atoms with Crippen molar-refractivity contribution in [1.29, 1.82) is 0 Å². The average molecular weight is 635 g/mol. The fraction of sp³-hybridized carbons (Fsp3) is 0.0952. The van der Waals surface area contributed by atoms with E-state index < -0.39 is 14.3 Å². The van der Waals surface area contributed by atoms with E-state index >= 15 is 0 Å². The van der Waals surface area contributed by atoms with E-state index in [0.29, 0.717) is 0 Å². The van der Waals surface area contributed by atoms with Crippen molar-refractivity contribution in [2.45, 2.75) is 0 Å². The van der Waals surface area contributed by atoms with E-state index in [1.807, 2.05) is 50.9 Å². The third kappa shape index (κ3) is 5.69. The standard InChI is InChI=1S/C42H36O2P2/c1-45(2,43)35-13-9-11-33(27-35)29-19-23-31(24-20-29)41-37-15-5-7-17-39(37)42(40-18-8-6-16-38(40)41)32-25-21-30(22-26-32)34-12-10-14-36(28-34)46(3,4)44/h5-28H,1-4H3. The van der Waals surface area contributed by atoms with E-state index in [-0.39, 0.29) is 0 Å². The van der Waals surface area contributed by atoms with Gasteiger partial charge in [-0.3, -0.25) is 0 Å². The van der Waals surface area contributed by atoms with Crippen LogP contribution in [0, 0.1) is 0 Å². The van der Waals surface area contributed by atoms with Gasteiger partial charge < -0.3 is 9.13 Å². The molecule has 0 aliphatic rings. The van der Waals surface area contributed by atoms with Crippen molar-refractivity contribution in [2.75, 3.05) is 26.7 Å². The van der Waals surface area contributed by atoms with Gasteiger partial charge in [0.1, 0.15) is 14.3 Å². The van der Waals surface area contributed by atoms with Gasteiger partial charge in [0.25, 0.3) is 0 Å². The van der Waals surface area contributed by atoms with Crippen LogP contribution in [0.4, 0.5) is 0 Å². The van der Waals surface area contributed by atoms with Gasteiger partial charge in [-0.1, -0.05) is 133 Å². The maximum absolute atomic E-state index is 12.7. The molecule has 7 aromatic rings. The molecule has 0 N–H and O–H groups in total. The predicted molar refractivity (Wildman–Crippen MR) is 201 cm³/mol. The fourth-order valence-corrected chi connectivity index (χ4v) is 8.24. The maximum Gasteiger partial charge on any atom is 0.109 e. The molecule has 0 saturated carbocycles. The molecule has 0 unspecified atom stereocenters. The Morgan fingerprint density at radius 1 is 0.326 bits per heavy atom. The largest absolute Gasteiger partial charge is 0.319 e. The molecule has 0 fully saturated rings. The van der Waals surface area contributed by atoms with E-state index in [2.05, 4.69) is 121 Å². The summed E-state index contributed by atoms with van der Waals surface area (Å²) in [6, 6.07) is 51.1. The van der Waals surface area contributed by atoms with Crippen LogP contribution < -0.4 is 10.6 Å². The Bertz CT molecular complexity index is 2120. The molecule has 0 aliphatic heterocycles. The van der Waals surface area contributed by atoms with Crippen LogP contribution in [-0.4, -0.2) is 26.7 Å². The zero-order valence-corrected chi connectivity index (χ0v) is 28.4. The highest BCUT2D eigenvalue weighted by Crippen LogP contribution is 2.44. The lowest BCUT2D eigenvalue weighted by atomic mass is 9.85. The molecule has 7 aromatic carbocycles. The van der Waals surface area contributed by atoms with Crippen molar-refractivity contribution >= 4 is 46.4 Å². The molecule has 4 heteroatoms. The van der Waals surface area contributed by atoms with Gasteiger partial charge in [0.05, 0.1) is 0 Å². The van der Waals surface area contributed by atoms with Crippen LogP contribution in [0.1, 0.15) is 0 Å². The summed E-state index contributed by atoms with van der Waals surface area (Å²) in [5, 5.41) is 6.64. The third-order valence-corrected chi connectivity index (χ3v) is 11.9. The summed E-state index contributed by atoms with van der Waals surface area (Å²) < 4.78 is 25.5. The summed E-state index contributed by atoms with van der Waals surface area (Å²) >= 11 is 0. The van der Waals surface area contributed by atoms with Crippen molar-refractivity contribution in [3.05, 3.63) is 146 Å². The molecule has 0 aromatic heterocycles. The van der Waals surface area contributed by atoms with E-state index in [4.69, 9.17) is 0 Å². The summed E-state index contributed by atoms with van der Waals surface area (Å²) in [6.45, 7) is 7.28. The molecular weight excluding hydrogens is 598 g/mol. The molecule has 0 bridgehead atoms. The molecular formula is C42H36O2P2. The highest BCUT2D eigenvalue weighted by Gasteiger charge is 2.18. The Labute approximate surface area is 271 Å². The Morgan fingerprint density at radius 3 is 0.935 bits per heavy atom. The number of hydrogen-bond donors (Lipinski definition) is 0. The van der Waals surface area contributed by atoms with E-state index in [9.17, 15) is 9.13 Å². The first-order chi connectivity index (χ1) is 22.1. The zero-order chi connectivity index (χ0) is 32.1. The van der Waals surface area contributed by atoms with Gasteiger partial charge in [-0.05, 0) is 105 Å². The fourth-order valence-electron chi connectivity index (χ4n) is 6.45. The minimum absolute atomic E-state index is 0.899. The molecule has 0 heterocycles. The first-order valence-electron chi connectivity index (χ1n) is 15.5. The van der Waals surface area contributed by atoms with E-state index in [1.54, 1.807) is 0 Å². The lowest BCUT2D eigenvalue weighted by Crippen LogP contribution is -2.02. The topological polar surface area (TPSA) is 34.1 Å². The monoisotopic (exact) mass is 634 g/mol. The van der Waals surface area contributed by atoms with Gasteiger partial charge in [0.2, 0.25) is 0 Å². The van der Waals surface area contributed by atoms with Crippen LogP contribution >= 0.6 is 14.3 Å². The minimum Gasteiger partial charge on any atom is -0.319 e. The normalized spacial score (nSPS) is 12.1. The maximum atomic E-state index is 12.7. The summed E-state index contributed by atoms with van der Waals surface area (Å²) in [6.07, 6.45) is 0. The second-order valence-corrected chi connectivity index (χ2v) is 19.2. The van der Waals surface area contributed by atoms with Gasteiger partial charge in [0, 0.05) is 10.6 Å². The Hall–Kier alpha value is -4.48. The molecule has 0 amide bonds. The quantitative estimate of drug-likeness (QED) is 0.135.